The Labute approximate surface area is 125 Å². The molecule has 0 fully saturated rings. The van der Waals surface area contributed by atoms with Crippen LogP contribution in [0.5, 0.6) is 0 Å². The Morgan fingerprint density at radius 2 is 1.81 bits per heavy atom. The van der Waals surface area contributed by atoms with Crippen molar-refractivity contribution in [3.63, 3.8) is 0 Å². The zero-order chi connectivity index (χ0) is 15.4. The quantitative estimate of drug-likeness (QED) is 0.906. The van der Waals surface area contributed by atoms with Gasteiger partial charge in [0.05, 0.1) is 0 Å². The fourth-order valence-electron chi connectivity index (χ4n) is 1.86. The Bertz CT molecular complexity index is 653. The van der Waals surface area contributed by atoms with Crippen molar-refractivity contribution in [1.29, 1.82) is 0 Å². The molecular weight excluding hydrogens is 298 g/mol. The van der Waals surface area contributed by atoms with Gasteiger partial charge < -0.3 is 10.6 Å². The standard InChI is InChI=1S/C15H13ClF2N2O/c1-19-14-12(17)6-10(7-13(14)18)15(21)20-8-9-4-2-3-5-11(9)16/h2-7,19H,8H2,1H3,(H,20,21). The maximum Gasteiger partial charge on any atom is 0.251 e. The van der Waals surface area contributed by atoms with Crippen LogP contribution in [0.4, 0.5) is 14.5 Å². The van der Waals surface area contributed by atoms with Gasteiger partial charge in [-0.2, -0.15) is 0 Å². The maximum absolute atomic E-state index is 13.6. The number of rotatable bonds is 4. The first-order valence-electron chi connectivity index (χ1n) is 6.21. The average Bonchev–Trinajstić information content (AvgIpc) is 2.45. The molecule has 2 N–H and O–H groups in total. The molecule has 0 aliphatic heterocycles. The van der Waals surface area contributed by atoms with Crippen LogP contribution in [0.1, 0.15) is 15.9 Å². The number of carbonyl (C=O) groups is 1. The van der Waals surface area contributed by atoms with Crippen molar-refractivity contribution < 1.29 is 13.6 Å². The highest BCUT2D eigenvalue weighted by Crippen LogP contribution is 2.20. The molecule has 6 heteroatoms. The van der Waals surface area contributed by atoms with E-state index in [1.165, 1.54) is 7.05 Å². The molecule has 2 aromatic carbocycles. The molecule has 0 unspecified atom stereocenters. The van der Waals surface area contributed by atoms with Gasteiger partial charge in [-0.05, 0) is 23.8 Å². The molecule has 110 valence electrons. The highest BCUT2D eigenvalue weighted by Gasteiger charge is 2.14. The van der Waals surface area contributed by atoms with Gasteiger partial charge in [-0.25, -0.2) is 8.78 Å². The van der Waals surface area contributed by atoms with E-state index in [-0.39, 0.29) is 17.8 Å². The van der Waals surface area contributed by atoms with Gasteiger partial charge in [0, 0.05) is 24.2 Å². The Kier molecular flexibility index (Phi) is 4.75. The predicted octanol–water partition coefficient (Wildman–Crippen LogP) is 3.59. The lowest BCUT2D eigenvalue weighted by Gasteiger charge is -2.09. The van der Waals surface area contributed by atoms with Crippen LogP contribution in [-0.2, 0) is 6.54 Å². The van der Waals surface area contributed by atoms with Gasteiger partial charge in [-0.3, -0.25) is 4.79 Å². The van der Waals surface area contributed by atoms with Crippen LogP contribution >= 0.6 is 11.6 Å². The molecule has 3 nitrogen and oxygen atoms in total. The minimum Gasteiger partial charge on any atom is -0.383 e. The number of nitrogens with one attached hydrogen (secondary N) is 2. The van der Waals surface area contributed by atoms with Gasteiger partial charge >= 0.3 is 0 Å². The summed E-state index contributed by atoms with van der Waals surface area (Å²) in [4.78, 5) is 11.9. The van der Waals surface area contributed by atoms with Crippen LogP contribution < -0.4 is 10.6 Å². The first kappa shape index (κ1) is 15.3. The molecule has 0 bridgehead atoms. The molecule has 0 aliphatic rings. The van der Waals surface area contributed by atoms with E-state index in [1.807, 2.05) is 0 Å². The summed E-state index contributed by atoms with van der Waals surface area (Å²) < 4.78 is 27.2. The van der Waals surface area contributed by atoms with Gasteiger partial charge in [-0.15, -0.1) is 0 Å². The van der Waals surface area contributed by atoms with Crippen molar-refractivity contribution in [2.45, 2.75) is 6.54 Å². The van der Waals surface area contributed by atoms with Crippen LogP contribution in [0.3, 0.4) is 0 Å². The number of halogens is 3. The minimum absolute atomic E-state index is 0.0870. The normalized spacial score (nSPS) is 10.3. The van der Waals surface area contributed by atoms with Crippen LogP contribution in [0.2, 0.25) is 5.02 Å². The van der Waals surface area contributed by atoms with E-state index >= 15 is 0 Å². The third kappa shape index (κ3) is 3.49. The molecule has 2 rings (SSSR count). The lowest BCUT2D eigenvalue weighted by molar-refractivity contribution is 0.0950. The van der Waals surface area contributed by atoms with Gasteiger partial charge in [0.1, 0.15) is 17.3 Å². The zero-order valence-electron chi connectivity index (χ0n) is 11.2. The summed E-state index contributed by atoms with van der Waals surface area (Å²) in [5.74, 6) is -2.21. The summed E-state index contributed by atoms with van der Waals surface area (Å²) in [7, 11) is 1.40. The lowest BCUT2D eigenvalue weighted by atomic mass is 10.1. The lowest BCUT2D eigenvalue weighted by Crippen LogP contribution is -2.23. The zero-order valence-corrected chi connectivity index (χ0v) is 12.0. The molecule has 0 radical (unpaired) electrons. The van der Waals surface area contributed by atoms with Crippen molar-refractivity contribution in [3.8, 4) is 0 Å². The van der Waals surface area contributed by atoms with Crippen molar-refractivity contribution >= 4 is 23.2 Å². The van der Waals surface area contributed by atoms with Crippen molar-refractivity contribution in [3.05, 3.63) is 64.2 Å². The Morgan fingerprint density at radius 1 is 1.19 bits per heavy atom. The number of hydrogen-bond acceptors (Lipinski definition) is 2. The predicted molar refractivity (Wildman–Crippen MR) is 78.5 cm³/mol. The fraction of sp³-hybridized carbons (Fsp3) is 0.133. The van der Waals surface area contributed by atoms with E-state index in [4.69, 9.17) is 11.6 Å². The average molecular weight is 311 g/mol. The van der Waals surface area contributed by atoms with Crippen LogP contribution in [-0.4, -0.2) is 13.0 Å². The number of amides is 1. The first-order valence-corrected chi connectivity index (χ1v) is 6.59. The molecule has 1 amide bonds. The summed E-state index contributed by atoms with van der Waals surface area (Å²) in [6.45, 7) is 0.176. The molecule has 21 heavy (non-hydrogen) atoms. The van der Waals surface area contributed by atoms with E-state index in [1.54, 1.807) is 24.3 Å². The number of carbonyl (C=O) groups excluding carboxylic acids is 1. The number of benzene rings is 2. The summed E-state index contributed by atoms with van der Waals surface area (Å²) >= 11 is 5.96. The molecule has 0 atom stereocenters. The maximum atomic E-state index is 13.6. The molecule has 0 aromatic heterocycles. The Hall–Kier alpha value is -2.14. The van der Waals surface area contributed by atoms with E-state index in [2.05, 4.69) is 10.6 Å². The number of hydrogen-bond donors (Lipinski definition) is 2. The highest BCUT2D eigenvalue weighted by molar-refractivity contribution is 6.31. The number of anilines is 1. The SMILES string of the molecule is CNc1c(F)cc(C(=O)NCc2ccccc2Cl)cc1F. The van der Waals surface area contributed by atoms with Crippen molar-refractivity contribution in [2.24, 2.45) is 0 Å². The molecule has 0 aliphatic carbocycles. The van der Waals surface area contributed by atoms with Crippen LogP contribution in [0.25, 0.3) is 0 Å². The third-order valence-corrected chi connectivity index (χ3v) is 3.32. The second kappa shape index (κ2) is 6.54. The molecular formula is C15H13ClF2N2O. The van der Waals surface area contributed by atoms with Gasteiger partial charge in [0.25, 0.3) is 5.91 Å². The summed E-state index contributed by atoms with van der Waals surface area (Å²) in [6, 6.07) is 8.98. The van der Waals surface area contributed by atoms with Gasteiger partial charge in [0.2, 0.25) is 0 Å². The smallest absolute Gasteiger partial charge is 0.251 e. The monoisotopic (exact) mass is 310 g/mol. The second-order valence-corrected chi connectivity index (χ2v) is 4.75. The van der Waals surface area contributed by atoms with E-state index in [0.29, 0.717) is 5.02 Å². The summed E-state index contributed by atoms with van der Waals surface area (Å²) in [6.07, 6.45) is 0. The fourth-order valence-corrected chi connectivity index (χ4v) is 2.06. The van der Waals surface area contributed by atoms with Crippen LogP contribution in [0, 0.1) is 11.6 Å². The topological polar surface area (TPSA) is 41.1 Å². The minimum atomic E-state index is -0.819. The molecule has 0 spiro atoms. The molecule has 0 saturated carbocycles. The third-order valence-electron chi connectivity index (χ3n) is 2.95. The molecule has 0 heterocycles. The van der Waals surface area contributed by atoms with E-state index in [9.17, 15) is 13.6 Å². The first-order chi connectivity index (χ1) is 10.0. The molecule has 0 saturated heterocycles. The van der Waals surface area contributed by atoms with Gasteiger partial charge in [-0.1, -0.05) is 29.8 Å². The largest absolute Gasteiger partial charge is 0.383 e. The second-order valence-electron chi connectivity index (χ2n) is 4.34. The molecule has 2 aromatic rings. The van der Waals surface area contributed by atoms with Crippen molar-refractivity contribution in [2.75, 3.05) is 12.4 Å². The van der Waals surface area contributed by atoms with Crippen LogP contribution in [0.15, 0.2) is 36.4 Å². The van der Waals surface area contributed by atoms with Crippen molar-refractivity contribution in [1.82, 2.24) is 5.32 Å². The highest BCUT2D eigenvalue weighted by atomic mass is 35.5. The van der Waals surface area contributed by atoms with Gasteiger partial charge in [0.15, 0.2) is 0 Å². The Balaban J connectivity index is 2.13. The Morgan fingerprint density at radius 3 is 2.38 bits per heavy atom. The summed E-state index contributed by atoms with van der Waals surface area (Å²) in [5.41, 5.74) is 0.369. The van der Waals surface area contributed by atoms with E-state index < -0.39 is 17.5 Å². The summed E-state index contributed by atoms with van der Waals surface area (Å²) in [5, 5.41) is 5.48. The van der Waals surface area contributed by atoms with E-state index in [0.717, 1.165) is 17.7 Å².